The number of halogens is 1. The topological polar surface area (TPSA) is 33.1 Å². The van der Waals surface area contributed by atoms with Crippen LogP contribution in [0.25, 0.3) is 11.3 Å². The van der Waals surface area contributed by atoms with Crippen molar-refractivity contribution in [1.82, 2.24) is 4.98 Å². The third kappa shape index (κ3) is 2.09. The molecular formula is C13H12FNO. The van der Waals surface area contributed by atoms with Crippen LogP contribution in [0.5, 0.6) is 0 Å². The quantitative estimate of drug-likeness (QED) is 0.839. The largest absolute Gasteiger partial charge is 0.392 e. The molecule has 0 radical (unpaired) electrons. The Kier molecular flexibility index (Phi) is 2.97. The maximum Gasteiger partial charge on any atom is 0.132 e. The minimum absolute atomic E-state index is 0.0665. The number of hydrogen-bond acceptors (Lipinski definition) is 2. The monoisotopic (exact) mass is 217 g/mol. The standard InChI is InChI=1S/C13H12FNO/c1-9-2-3-11(12(14)6-9)13-7-10(8-16)4-5-15-13/h2-7,16H,8H2,1H3. The molecule has 0 spiro atoms. The fourth-order valence-electron chi connectivity index (χ4n) is 1.55. The van der Waals surface area contributed by atoms with Crippen LogP contribution in [0.3, 0.4) is 0 Å². The van der Waals surface area contributed by atoms with E-state index in [0.717, 1.165) is 11.1 Å². The summed E-state index contributed by atoms with van der Waals surface area (Å²) in [4.78, 5) is 4.10. The van der Waals surface area contributed by atoms with E-state index in [1.165, 1.54) is 6.07 Å². The molecule has 0 atom stereocenters. The summed E-state index contributed by atoms with van der Waals surface area (Å²) in [5, 5.41) is 9.00. The summed E-state index contributed by atoms with van der Waals surface area (Å²) in [6, 6.07) is 8.41. The Bertz CT molecular complexity index is 511. The second kappa shape index (κ2) is 4.41. The minimum atomic E-state index is -0.289. The Morgan fingerprint density at radius 3 is 2.75 bits per heavy atom. The molecule has 1 aromatic heterocycles. The van der Waals surface area contributed by atoms with E-state index in [0.29, 0.717) is 11.3 Å². The molecule has 2 nitrogen and oxygen atoms in total. The Balaban J connectivity index is 2.49. The molecule has 3 heteroatoms. The van der Waals surface area contributed by atoms with Crippen LogP contribution in [0.15, 0.2) is 36.5 Å². The Morgan fingerprint density at radius 1 is 1.25 bits per heavy atom. The van der Waals surface area contributed by atoms with Crippen molar-refractivity contribution < 1.29 is 9.50 Å². The van der Waals surface area contributed by atoms with Crippen molar-refractivity contribution in [3.05, 3.63) is 53.5 Å². The lowest BCUT2D eigenvalue weighted by Gasteiger charge is -2.05. The molecule has 1 aromatic carbocycles. The number of aliphatic hydroxyl groups is 1. The molecule has 1 N–H and O–H groups in total. The van der Waals surface area contributed by atoms with E-state index in [4.69, 9.17) is 5.11 Å². The van der Waals surface area contributed by atoms with Crippen LogP contribution in [0, 0.1) is 12.7 Å². The first kappa shape index (κ1) is 10.8. The van der Waals surface area contributed by atoms with Crippen LogP contribution in [-0.4, -0.2) is 10.1 Å². The highest BCUT2D eigenvalue weighted by molar-refractivity contribution is 5.60. The van der Waals surface area contributed by atoms with E-state index in [2.05, 4.69) is 4.98 Å². The number of hydrogen-bond donors (Lipinski definition) is 1. The first-order valence-electron chi connectivity index (χ1n) is 5.03. The van der Waals surface area contributed by atoms with Crippen LogP contribution < -0.4 is 0 Å². The summed E-state index contributed by atoms with van der Waals surface area (Å²) in [5.74, 6) is -0.289. The molecule has 0 aliphatic carbocycles. The fourth-order valence-corrected chi connectivity index (χ4v) is 1.55. The normalized spacial score (nSPS) is 10.4. The summed E-state index contributed by atoms with van der Waals surface area (Å²) < 4.78 is 13.7. The zero-order valence-corrected chi connectivity index (χ0v) is 8.94. The summed E-state index contributed by atoms with van der Waals surface area (Å²) in [6.45, 7) is 1.77. The molecule has 2 rings (SSSR count). The Morgan fingerprint density at radius 2 is 2.06 bits per heavy atom. The molecule has 0 unspecified atom stereocenters. The van der Waals surface area contributed by atoms with Gasteiger partial charge in [-0.05, 0) is 42.3 Å². The zero-order valence-electron chi connectivity index (χ0n) is 8.94. The van der Waals surface area contributed by atoms with Gasteiger partial charge in [-0.1, -0.05) is 6.07 Å². The summed E-state index contributed by atoms with van der Waals surface area (Å²) in [5.41, 5.74) is 2.61. The second-order valence-corrected chi connectivity index (χ2v) is 3.69. The first-order chi connectivity index (χ1) is 7.70. The van der Waals surface area contributed by atoms with Gasteiger partial charge >= 0.3 is 0 Å². The van der Waals surface area contributed by atoms with Crippen molar-refractivity contribution in [3.63, 3.8) is 0 Å². The summed E-state index contributed by atoms with van der Waals surface area (Å²) in [7, 11) is 0. The van der Waals surface area contributed by atoms with Crippen LogP contribution in [0.2, 0.25) is 0 Å². The fraction of sp³-hybridized carbons (Fsp3) is 0.154. The van der Waals surface area contributed by atoms with Crippen LogP contribution in [0.4, 0.5) is 4.39 Å². The molecule has 2 aromatic rings. The average molecular weight is 217 g/mol. The number of aliphatic hydroxyl groups excluding tert-OH is 1. The minimum Gasteiger partial charge on any atom is -0.392 e. The van der Waals surface area contributed by atoms with Gasteiger partial charge in [-0.2, -0.15) is 0 Å². The maximum absolute atomic E-state index is 13.7. The van der Waals surface area contributed by atoms with Crippen molar-refractivity contribution in [3.8, 4) is 11.3 Å². The number of pyridine rings is 1. The molecule has 16 heavy (non-hydrogen) atoms. The number of nitrogens with zero attached hydrogens (tertiary/aromatic N) is 1. The summed E-state index contributed by atoms with van der Waals surface area (Å²) in [6.07, 6.45) is 1.57. The van der Waals surface area contributed by atoms with Crippen LogP contribution >= 0.6 is 0 Å². The highest BCUT2D eigenvalue weighted by atomic mass is 19.1. The van der Waals surface area contributed by atoms with Crippen molar-refractivity contribution in [2.24, 2.45) is 0 Å². The van der Waals surface area contributed by atoms with Gasteiger partial charge in [0, 0.05) is 11.8 Å². The smallest absolute Gasteiger partial charge is 0.132 e. The third-order valence-corrected chi connectivity index (χ3v) is 2.41. The molecule has 1 heterocycles. The van der Waals surface area contributed by atoms with Gasteiger partial charge in [0.1, 0.15) is 5.82 Å². The van der Waals surface area contributed by atoms with Crippen molar-refractivity contribution in [1.29, 1.82) is 0 Å². The molecule has 0 saturated carbocycles. The molecular weight excluding hydrogens is 205 g/mol. The Labute approximate surface area is 93.4 Å². The highest BCUT2D eigenvalue weighted by Crippen LogP contribution is 2.22. The first-order valence-corrected chi connectivity index (χ1v) is 5.03. The van der Waals surface area contributed by atoms with Gasteiger partial charge < -0.3 is 5.11 Å². The number of benzene rings is 1. The van der Waals surface area contributed by atoms with Gasteiger partial charge in [-0.3, -0.25) is 4.98 Å². The van der Waals surface area contributed by atoms with E-state index in [1.54, 1.807) is 24.4 Å². The van der Waals surface area contributed by atoms with Gasteiger partial charge in [0.2, 0.25) is 0 Å². The summed E-state index contributed by atoms with van der Waals surface area (Å²) >= 11 is 0. The highest BCUT2D eigenvalue weighted by Gasteiger charge is 2.06. The van der Waals surface area contributed by atoms with Gasteiger partial charge in [-0.25, -0.2) is 4.39 Å². The van der Waals surface area contributed by atoms with E-state index >= 15 is 0 Å². The molecule has 0 bridgehead atoms. The number of aromatic nitrogens is 1. The van der Waals surface area contributed by atoms with Gasteiger partial charge in [0.05, 0.1) is 12.3 Å². The van der Waals surface area contributed by atoms with E-state index in [1.807, 2.05) is 13.0 Å². The lowest BCUT2D eigenvalue weighted by Crippen LogP contribution is -1.91. The molecule has 0 aliphatic rings. The number of rotatable bonds is 2. The predicted octanol–water partition coefficient (Wildman–Crippen LogP) is 2.69. The SMILES string of the molecule is Cc1ccc(-c2cc(CO)ccn2)c(F)c1. The van der Waals surface area contributed by atoms with Crippen LogP contribution in [0.1, 0.15) is 11.1 Å². The number of aryl methyl sites for hydroxylation is 1. The maximum atomic E-state index is 13.7. The predicted molar refractivity (Wildman–Crippen MR) is 60.3 cm³/mol. The van der Waals surface area contributed by atoms with E-state index in [9.17, 15) is 4.39 Å². The molecule has 0 aliphatic heterocycles. The lowest BCUT2D eigenvalue weighted by molar-refractivity contribution is 0.282. The molecule has 82 valence electrons. The van der Waals surface area contributed by atoms with Crippen molar-refractivity contribution in [2.75, 3.05) is 0 Å². The molecule has 0 amide bonds. The average Bonchev–Trinajstić information content (AvgIpc) is 2.29. The van der Waals surface area contributed by atoms with Gasteiger partial charge in [0.15, 0.2) is 0 Å². The zero-order chi connectivity index (χ0) is 11.5. The van der Waals surface area contributed by atoms with E-state index < -0.39 is 0 Å². The molecule has 0 fully saturated rings. The van der Waals surface area contributed by atoms with Gasteiger partial charge in [0.25, 0.3) is 0 Å². The lowest BCUT2D eigenvalue weighted by atomic mass is 10.1. The third-order valence-electron chi connectivity index (χ3n) is 2.41. The van der Waals surface area contributed by atoms with Crippen LogP contribution in [-0.2, 0) is 6.61 Å². The molecule has 0 saturated heterocycles. The Hall–Kier alpha value is -1.74. The van der Waals surface area contributed by atoms with Crippen molar-refractivity contribution in [2.45, 2.75) is 13.5 Å². The van der Waals surface area contributed by atoms with Crippen molar-refractivity contribution >= 4 is 0 Å². The second-order valence-electron chi connectivity index (χ2n) is 3.69. The van der Waals surface area contributed by atoms with E-state index in [-0.39, 0.29) is 12.4 Å². The van der Waals surface area contributed by atoms with Gasteiger partial charge in [-0.15, -0.1) is 0 Å².